The molecular weight excluding hydrogens is 168 g/mol. The molecule has 1 aliphatic heterocycles. The van der Waals surface area contributed by atoms with E-state index in [4.69, 9.17) is 16.3 Å². The van der Waals surface area contributed by atoms with Gasteiger partial charge >= 0.3 is 5.97 Å². The van der Waals surface area contributed by atoms with Crippen molar-refractivity contribution in [1.29, 1.82) is 0 Å². The topological polar surface area (TPSA) is 35.5 Å². The third-order valence-electron chi connectivity index (χ3n) is 1.87. The van der Waals surface area contributed by atoms with Crippen LogP contribution in [0.25, 0.3) is 0 Å². The van der Waals surface area contributed by atoms with Crippen LogP contribution in [0.2, 0.25) is 0 Å². The van der Waals surface area contributed by atoms with Gasteiger partial charge in [-0.25, -0.2) is 0 Å². The summed E-state index contributed by atoms with van der Waals surface area (Å²) in [6.45, 7) is 0.608. The van der Waals surface area contributed by atoms with Crippen molar-refractivity contribution < 1.29 is 14.3 Å². The van der Waals surface area contributed by atoms with E-state index in [9.17, 15) is 4.79 Å². The molecule has 64 valence electrons. The maximum Gasteiger partial charge on any atom is 0.311 e. The van der Waals surface area contributed by atoms with Crippen molar-refractivity contribution >= 4 is 17.6 Å². The minimum atomic E-state index is -0.215. The van der Waals surface area contributed by atoms with Gasteiger partial charge in [0.15, 0.2) is 0 Å². The van der Waals surface area contributed by atoms with Crippen LogP contribution in [-0.2, 0) is 14.3 Å². The largest absolute Gasteiger partial charge is 0.469 e. The Morgan fingerprint density at radius 2 is 2.55 bits per heavy atom. The molecule has 0 amide bonds. The zero-order valence-corrected chi connectivity index (χ0v) is 7.13. The first-order chi connectivity index (χ1) is 5.29. The van der Waals surface area contributed by atoms with Crippen LogP contribution in [0.15, 0.2) is 0 Å². The van der Waals surface area contributed by atoms with Gasteiger partial charge in [-0.2, -0.15) is 0 Å². The summed E-state index contributed by atoms with van der Waals surface area (Å²) in [5.41, 5.74) is 0. The first kappa shape index (κ1) is 8.81. The Kier molecular flexibility index (Phi) is 3.15. The van der Waals surface area contributed by atoms with Crippen molar-refractivity contribution in [2.24, 2.45) is 5.92 Å². The minimum absolute atomic E-state index is 0.149. The van der Waals surface area contributed by atoms with Gasteiger partial charge in [-0.15, -0.1) is 11.6 Å². The molecule has 1 rings (SSSR count). The Hall–Kier alpha value is -0.280. The molecule has 4 heteroatoms. The van der Waals surface area contributed by atoms with Crippen LogP contribution in [0, 0.1) is 5.92 Å². The lowest BCUT2D eigenvalue weighted by atomic mass is 10.0. The molecule has 1 heterocycles. The van der Waals surface area contributed by atoms with Crippen molar-refractivity contribution in [2.45, 2.75) is 12.5 Å². The van der Waals surface area contributed by atoms with Gasteiger partial charge in [-0.1, -0.05) is 0 Å². The molecular formula is C7H11ClO3. The molecule has 0 radical (unpaired) electrons. The van der Waals surface area contributed by atoms with Crippen molar-refractivity contribution in [3.8, 4) is 0 Å². The smallest absolute Gasteiger partial charge is 0.311 e. The first-order valence-corrected chi connectivity index (χ1v) is 4.08. The van der Waals surface area contributed by atoms with E-state index in [0.29, 0.717) is 12.5 Å². The Labute approximate surface area is 70.6 Å². The standard InChI is InChI=1S/C7H11ClO3/c1-10-7(9)5-2-3-11-6(5)4-8/h5-6H,2-4H2,1H3. The monoisotopic (exact) mass is 178 g/mol. The Morgan fingerprint density at radius 1 is 1.82 bits per heavy atom. The molecule has 0 aromatic rings. The van der Waals surface area contributed by atoms with Gasteiger partial charge in [0, 0.05) is 12.5 Å². The lowest BCUT2D eigenvalue weighted by molar-refractivity contribution is -0.146. The number of rotatable bonds is 2. The summed E-state index contributed by atoms with van der Waals surface area (Å²) in [6.07, 6.45) is 0.577. The van der Waals surface area contributed by atoms with Crippen LogP contribution in [0.3, 0.4) is 0 Å². The average Bonchev–Trinajstić information content (AvgIpc) is 2.50. The van der Waals surface area contributed by atoms with Gasteiger partial charge in [0.1, 0.15) is 0 Å². The second kappa shape index (κ2) is 3.93. The third-order valence-corrected chi connectivity index (χ3v) is 2.17. The lowest BCUT2D eigenvalue weighted by Gasteiger charge is -2.12. The highest BCUT2D eigenvalue weighted by Gasteiger charge is 2.33. The number of ether oxygens (including phenoxy) is 2. The van der Waals surface area contributed by atoms with Crippen LogP contribution in [0.1, 0.15) is 6.42 Å². The summed E-state index contributed by atoms with van der Waals surface area (Å²) in [7, 11) is 1.38. The first-order valence-electron chi connectivity index (χ1n) is 3.55. The molecule has 0 saturated carbocycles. The van der Waals surface area contributed by atoms with Gasteiger partial charge < -0.3 is 9.47 Å². The number of hydrogen-bond acceptors (Lipinski definition) is 3. The number of methoxy groups -OCH3 is 1. The van der Waals surface area contributed by atoms with Gasteiger partial charge in [-0.3, -0.25) is 4.79 Å². The number of esters is 1. The minimum Gasteiger partial charge on any atom is -0.469 e. The van der Waals surface area contributed by atoms with Gasteiger partial charge in [0.05, 0.1) is 19.1 Å². The molecule has 0 aromatic carbocycles. The summed E-state index contributed by atoms with van der Waals surface area (Å²) in [6, 6.07) is 0. The second-order valence-corrected chi connectivity index (χ2v) is 2.79. The van der Waals surface area contributed by atoms with Crippen LogP contribution in [-0.4, -0.2) is 31.7 Å². The summed E-state index contributed by atoms with van der Waals surface area (Å²) in [5.74, 6) is -0.00889. The SMILES string of the molecule is COC(=O)C1CCOC1CCl. The van der Waals surface area contributed by atoms with Gasteiger partial charge in [-0.05, 0) is 6.42 Å². The van der Waals surface area contributed by atoms with Gasteiger partial charge in [0.2, 0.25) is 0 Å². The summed E-state index contributed by atoms with van der Waals surface area (Å²) in [5, 5.41) is 0. The highest BCUT2D eigenvalue weighted by Crippen LogP contribution is 2.22. The molecule has 11 heavy (non-hydrogen) atoms. The fourth-order valence-electron chi connectivity index (χ4n) is 1.22. The predicted octanol–water partition coefficient (Wildman–Crippen LogP) is 0.803. The Bertz CT molecular complexity index is 149. The van der Waals surface area contributed by atoms with E-state index in [1.54, 1.807) is 0 Å². The molecule has 0 spiro atoms. The molecule has 0 aromatic heterocycles. The summed E-state index contributed by atoms with van der Waals surface area (Å²) >= 11 is 5.57. The molecule has 2 unspecified atom stereocenters. The number of carbonyl (C=O) groups excluding carboxylic acids is 1. The number of halogens is 1. The molecule has 1 fully saturated rings. The van der Waals surface area contributed by atoms with Crippen LogP contribution >= 0.6 is 11.6 Å². The fourth-order valence-corrected chi connectivity index (χ4v) is 1.53. The van der Waals surface area contributed by atoms with E-state index in [1.807, 2.05) is 0 Å². The lowest BCUT2D eigenvalue weighted by Crippen LogP contribution is -2.26. The van der Waals surface area contributed by atoms with Crippen molar-refractivity contribution in [1.82, 2.24) is 0 Å². The normalized spacial score (nSPS) is 30.4. The predicted molar refractivity (Wildman–Crippen MR) is 40.6 cm³/mol. The maximum absolute atomic E-state index is 11.0. The van der Waals surface area contributed by atoms with E-state index in [1.165, 1.54) is 7.11 Å². The Balaban J connectivity index is 2.49. The fraction of sp³-hybridized carbons (Fsp3) is 0.857. The molecule has 0 N–H and O–H groups in total. The maximum atomic E-state index is 11.0. The van der Waals surface area contributed by atoms with Crippen molar-refractivity contribution in [3.05, 3.63) is 0 Å². The van der Waals surface area contributed by atoms with Crippen LogP contribution in [0.5, 0.6) is 0 Å². The van der Waals surface area contributed by atoms with E-state index >= 15 is 0 Å². The highest BCUT2D eigenvalue weighted by atomic mass is 35.5. The molecule has 0 bridgehead atoms. The van der Waals surface area contributed by atoms with Crippen LogP contribution in [0.4, 0.5) is 0 Å². The molecule has 1 saturated heterocycles. The van der Waals surface area contributed by atoms with Gasteiger partial charge in [0.25, 0.3) is 0 Å². The van der Waals surface area contributed by atoms with E-state index in [-0.39, 0.29) is 18.0 Å². The number of hydrogen-bond donors (Lipinski definition) is 0. The van der Waals surface area contributed by atoms with E-state index in [0.717, 1.165) is 6.42 Å². The molecule has 3 nitrogen and oxygen atoms in total. The number of alkyl halides is 1. The van der Waals surface area contributed by atoms with E-state index in [2.05, 4.69) is 4.74 Å². The summed E-state index contributed by atoms with van der Waals surface area (Å²) in [4.78, 5) is 11.0. The average molecular weight is 179 g/mol. The van der Waals surface area contributed by atoms with E-state index < -0.39 is 0 Å². The zero-order valence-electron chi connectivity index (χ0n) is 6.38. The quantitative estimate of drug-likeness (QED) is 0.464. The molecule has 1 aliphatic rings. The molecule has 0 aliphatic carbocycles. The highest BCUT2D eigenvalue weighted by molar-refractivity contribution is 6.18. The molecule has 2 atom stereocenters. The third kappa shape index (κ3) is 1.84. The summed E-state index contributed by atoms with van der Waals surface area (Å²) < 4.78 is 9.79. The Morgan fingerprint density at radius 3 is 3.09 bits per heavy atom. The zero-order chi connectivity index (χ0) is 8.27. The number of carbonyl (C=O) groups is 1. The second-order valence-electron chi connectivity index (χ2n) is 2.48. The van der Waals surface area contributed by atoms with Crippen molar-refractivity contribution in [3.63, 3.8) is 0 Å². The van der Waals surface area contributed by atoms with Crippen molar-refractivity contribution in [2.75, 3.05) is 19.6 Å². The van der Waals surface area contributed by atoms with Crippen LogP contribution < -0.4 is 0 Å².